The summed E-state index contributed by atoms with van der Waals surface area (Å²) in [6, 6.07) is 13.5. The average molecular weight is 377 g/mol. The molecule has 0 spiro atoms. The van der Waals surface area contributed by atoms with Gasteiger partial charge in [-0.3, -0.25) is 4.79 Å². The molecule has 0 aliphatic rings. The maximum Gasteiger partial charge on any atom is 0.224 e. The first-order chi connectivity index (χ1) is 12.4. The Morgan fingerprint density at radius 3 is 2.31 bits per heavy atom. The zero-order chi connectivity index (χ0) is 19.0. The Balaban J connectivity index is 1.73. The van der Waals surface area contributed by atoms with Gasteiger partial charge in [0.15, 0.2) is 12.4 Å². The highest BCUT2D eigenvalue weighted by atomic mass is 32.2. The second kappa shape index (κ2) is 9.45. The molecular weight excluding hydrogens is 350 g/mol. The van der Waals surface area contributed by atoms with Crippen LogP contribution in [0.25, 0.3) is 5.69 Å². The second-order valence-corrected chi connectivity index (χ2v) is 8.64. The highest BCUT2D eigenvalue weighted by Crippen LogP contribution is 2.10. The molecule has 1 aromatic carbocycles. The van der Waals surface area contributed by atoms with Crippen molar-refractivity contribution in [2.45, 2.75) is 38.4 Å². The normalized spacial score (nSPS) is 11.5. The average Bonchev–Trinajstić information content (AvgIpc) is 2.62. The number of carbonyl (C=O) groups excluding carboxylic acids is 1. The van der Waals surface area contributed by atoms with Gasteiger partial charge in [-0.2, -0.15) is 4.57 Å². The number of unbranched alkanes of at least 4 members (excludes halogenated alkanes) is 1. The highest BCUT2D eigenvalue weighted by Gasteiger charge is 2.14. The van der Waals surface area contributed by atoms with E-state index in [1.807, 2.05) is 59.4 Å². The van der Waals surface area contributed by atoms with Gasteiger partial charge in [-0.15, -0.1) is 0 Å². The maximum absolute atomic E-state index is 12.0. The number of hydrogen-bond donors (Lipinski definition) is 2. The molecule has 2 aromatic rings. The molecule has 2 N–H and O–H groups in total. The summed E-state index contributed by atoms with van der Waals surface area (Å²) in [7, 11) is -3.23. The molecule has 0 fully saturated rings. The molecule has 2 rings (SSSR count). The third-order valence-electron chi connectivity index (χ3n) is 3.92. The van der Waals surface area contributed by atoms with Crippen molar-refractivity contribution in [3.63, 3.8) is 0 Å². The zero-order valence-electron chi connectivity index (χ0n) is 15.2. The summed E-state index contributed by atoms with van der Waals surface area (Å²) in [5, 5.41) is 2.42. The molecule has 7 heteroatoms. The molecule has 1 heterocycles. The Morgan fingerprint density at radius 1 is 1.04 bits per heavy atom. The van der Waals surface area contributed by atoms with Crippen molar-refractivity contribution in [3.05, 3.63) is 54.9 Å². The number of pyridine rings is 1. The number of rotatable bonds is 9. The van der Waals surface area contributed by atoms with Crippen LogP contribution in [0.2, 0.25) is 0 Å². The summed E-state index contributed by atoms with van der Waals surface area (Å²) < 4.78 is 27.7. The smallest absolute Gasteiger partial charge is 0.224 e. The number of hydrogen-bond acceptors (Lipinski definition) is 3. The lowest BCUT2D eigenvalue weighted by atomic mass is 10.2. The van der Waals surface area contributed by atoms with Crippen molar-refractivity contribution in [1.29, 1.82) is 0 Å². The summed E-state index contributed by atoms with van der Waals surface area (Å²) >= 11 is 0. The van der Waals surface area contributed by atoms with Crippen molar-refractivity contribution in [2.75, 3.05) is 11.9 Å². The van der Waals surface area contributed by atoms with Crippen molar-refractivity contribution in [3.8, 4) is 5.69 Å². The van der Waals surface area contributed by atoms with Crippen LogP contribution in [0.1, 0.15) is 33.1 Å². The third kappa shape index (κ3) is 6.24. The highest BCUT2D eigenvalue weighted by molar-refractivity contribution is 7.90. The summed E-state index contributed by atoms with van der Waals surface area (Å²) in [6.07, 6.45) is 5.54. The van der Waals surface area contributed by atoms with Crippen LogP contribution in [0, 0.1) is 0 Å². The van der Waals surface area contributed by atoms with E-state index in [0.717, 1.165) is 11.4 Å². The molecule has 0 bridgehead atoms. The zero-order valence-corrected chi connectivity index (χ0v) is 16.0. The Morgan fingerprint density at radius 2 is 1.69 bits per heavy atom. The summed E-state index contributed by atoms with van der Waals surface area (Å²) in [4.78, 5) is 12.0. The van der Waals surface area contributed by atoms with Crippen LogP contribution >= 0.6 is 0 Å². The van der Waals surface area contributed by atoms with Gasteiger partial charge in [0, 0.05) is 42.9 Å². The summed E-state index contributed by atoms with van der Waals surface area (Å²) in [5.74, 6) is -0.0724. The molecule has 6 nitrogen and oxygen atoms in total. The van der Waals surface area contributed by atoms with Crippen molar-refractivity contribution >= 4 is 21.6 Å². The Bertz CT molecular complexity index is 804. The lowest BCUT2D eigenvalue weighted by Crippen LogP contribution is -2.31. The second-order valence-electron chi connectivity index (χ2n) is 6.32. The van der Waals surface area contributed by atoms with Gasteiger partial charge in [-0.1, -0.05) is 6.07 Å². The van der Waals surface area contributed by atoms with E-state index in [4.69, 9.17) is 0 Å². The van der Waals surface area contributed by atoms with E-state index < -0.39 is 15.3 Å². The third-order valence-corrected chi connectivity index (χ3v) is 5.77. The van der Waals surface area contributed by atoms with E-state index in [2.05, 4.69) is 10.0 Å². The first kappa shape index (κ1) is 20.1. The van der Waals surface area contributed by atoms with Gasteiger partial charge in [0.2, 0.25) is 21.6 Å². The number of aromatic nitrogens is 1. The van der Waals surface area contributed by atoms with Gasteiger partial charge in [0.25, 0.3) is 0 Å². The molecule has 0 radical (unpaired) electrons. The van der Waals surface area contributed by atoms with Crippen LogP contribution in [0.4, 0.5) is 5.69 Å². The standard InChI is InChI=1S/C19H25N3O3S/c1-16(2)26(24,25)20-13-5-4-8-19(23)21-17-9-11-18(12-10-17)22-14-6-3-7-15-22/h3,6-7,9-12,14-16,20H,4-5,8,13H2,1-2H3/p+1. The molecule has 1 amide bonds. The van der Waals surface area contributed by atoms with E-state index in [1.165, 1.54) is 0 Å². The fourth-order valence-electron chi connectivity index (χ4n) is 2.30. The van der Waals surface area contributed by atoms with Crippen molar-refractivity contribution < 1.29 is 17.8 Å². The van der Waals surface area contributed by atoms with Crippen molar-refractivity contribution in [1.82, 2.24) is 4.72 Å². The lowest BCUT2D eigenvalue weighted by molar-refractivity contribution is -0.595. The van der Waals surface area contributed by atoms with Gasteiger partial charge >= 0.3 is 0 Å². The molecule has 0 unspecified atom stereocenters. The first-order valence-electron chi connectivity index (χ1n) is 8.73. The Kier molecular flexibility index (Phi) is 7.29. The predicted molar refractivity (Wildman–Crippen MR) is 103 cm³/mol. The van der Waals surface area contributed by atoms with Crippen LogP contribution in [-0.2, 0) is 14.8 Å². The summed E-state index contributed by atoms with van der Waals surface area (Å²) in [6.45, 7) is 3.63. The van der Waals surface area contributed by atoms with Gasteiger partial charge in [-0.05, 0) is 38.8 Å². The van der Waals surface area contributed by atoms with Crippen LogP contribution in [0.5, 0.6) is 0 Å². The molecular formula is C19H26N3O3S+. The van der Waals surface area contributed by atoms with E-state index in [1.54, 1.807) is 13.8 Å². The number of benzene rings is 1. The molecule has 1 aromatic heterocycles. The molecule has 0 saturated carbocycles. The minimum Gasteiger partial charge on any atom is -0.326 e. The van der Waals surface area contributed by atoms with Gasteiger partial charge in [0.05, 0.1) is 5.25 Å². The quantitative estimate of drug-likeness (QED) is 0.521. The molecule has 26 heavy (non-hydrogen) atoms. The first-order valence-corrected chi connectivity index (χ1v) is 10.3. The molecule has 0 aliphatic carbocycles. The van der Waals surface area contributed by atoms with Crippen LogP contribution in [-0.4, -0.2) is 26.1 Å². The fraction of sp³-hybridized carbons (Fsp3) is 0.368. The van der Waals surface area contributed by atoms with Crippen LogP contribution in [0.3, 0.4) is 0 Å². The van der Waals surface area contributed by atoms with E-state index in [9.17, 15) is 13.2 Å². The maximum atomic E-state index is 12.0. The van der Waals surface area contributed by atoms with E-state index in [-0.39, 0.29) is 5.91 Å². The lowest BCUT2D eigenvalue weighted by Gasteiger charge is -2.09. The van der Waals surface area contributed by atoms with E-state index in [0.29, 0.717) is 25.8 Å². The Hall–Kier alpha value is -2.25. The number of nitrogens with one attached hydrogen (secondary N) is 2. The number of nitrogens with zero attached hydrogens (tertiary/aromatic N) is 1. The Labute approximate surface area is 155 Å². The van der Waals surface area contributed by atoms with Crippen LogP contribution < -0.4 is 14.6 Å². The largest absolute Gasteiger partial charge is 0.326 e. The number of sulfonamides is 1. The minimum atomic E-state index is -3.23. The predicted octanol–water partition coefficient (Wildman–Crippen LogP) is 2.40. The molecule has 0 aliphatic heterocycles. The minimum absolute atomic E-state index is 0.0724. The van der Waals surface area contributed by atoms with Gasteiger partial charge < -0.3 is 5.32 Å². The SMILES string of the molecule is CC(C)S(=O)(=O)NCCCCC(=O)Nc1ccc(-[n+]2ccccc2)cc1. The topological polar surface area (TPSA) is 79.1 Å². The monoisotopic (exact) mass is 376 g/mol. The molecule has 0 saturated heterocycles. The summed E-state index contributed by atoms with van der Waals surface area (Å²) in [5.41, 5.74) is 1.76. The van der Waals surface area contributed by atoms with Crippen molar-refractivity contribution in [2.24, 2.45) is 0 Å². The molecule has 0 atom stereocenters. The number of amides is 1. The van der Waals surface area contributed by atoms with Gasteiger partial charge in [-0.25, -0.2) is 13.1 Å². The molecule has 140 valence electrons. The van der Waals surface area contributed by atoms with Gasteiger partial charge in [0.1, 0.15) is 0 Å². The van der Waals surface area contributed by atoms with Crippen LogP contribution in [0.15, 0.2) is 54.9 Å². The van der Waals surface area contributed by atoms with E-state index >= 15 is 0 Å². The number of anilines is 1. The number of carbonyl (C=O) groups is 1. The fourth-order valence-corrected chi connectivity index (χ4v) is 3.07.